The Morgan fingerprint density at radius 1 is 1.56 bits per heavy atom. The molecule has 0 saturated carbocycles. The molecular weight excluding hydrogens is 200 g/mol. The zero-order chi connectivity index (χ0) is 11.5. The molecular formula is C13H14N2O. The molecule has 3 nitrogen and oxygen atoms in total. The summed E-state index contributed by atoms with van der Waals surface area (Å²) in [5.74, 6) is 0.0344. The van der Waals surface area contributed by atoms with Crippen LogP contribution in [-0.2, 0) is 11.2 Å². The van der Waals surface area contributed by atoms with Gasteiger partial charge in [-0.3, -0.25) is 4.79 Å². The Morgan fingerprint density at radius 3 is 3.06 bits per heavy atom. The number of hydrogen-bond acceptors (Lipinski definition) is 2. The SMILES string of the molecule is CNC(=O)C1CCCc2cc(C#N)ccc21. The average molecular weight is 214 g/mol. The lowest BCUT2D eigenvalue weighted by Gasteiger charge is -2.24. The summed E-state index contributed by atoms with van der Waals surface area (Å²) in [7, 11) is 1.67. The van der Waals surface area contributed by atoms with Crippen LogP contribution in [0.1, 0.15) is 35.4 Å². The van der Waals surface area contributed by atoms with Crippen LogP contribution in [0.3, 0.4) is 0 Å². The van der Waals surface area contributed by atoms with E-state index in [1.54, 1.807) is 13.1 Å². The van der Waals surface area contributed by atoms with Gasteiger partial charge in [-0.2, -0.15) is 5.26 Å². The second kappa shape index (κ2) is 4.36. The van der Waals surface area contributed by atoms with Crippen molar-refractivity contribution in [1.82, 2.24) is 5.32 Å². The van der Waals surface area contributed by atoms with E-state index in [0.717, 1.165) is 30.4 Å². The summed E-state index contributed by atoms with van der Waals surface area (Å²) in [5, 5.41) is 11.5. The molecule has 0 aliphatic heterocycles. The number of nitrogens with zero attached hydrogens (tertiary/aromatic N) is 1. The van der Waals surface area contributed by atoms with Crippen LogP contribution >= 0.6 is 0 Å². The summed E-state index contributed by atoms with van der Waals surface area (Å²) >= 11 is 0. The molecule has 2 rings (SSSR count). The fourth-order valence-electron chi connectivity index (χ4n) is 2.33. The number of benzene rings is 1. The molecule has 1 amide bonds. The topological polar surface area (TPSA) is 52.9 Å². The van der Waals surface area contributed by atoms with E-state index in [4.69, 9.17) is 5.26 Å². The molecule has 1 aliphatic carbocycles. The van der Waals surface area contributed by atoms with E-state index in [1.165, 1.54) is 0 Å². The minimum Gasteiger partial charge on any atom is -0.359 e. The van der Waals surface area contributed by atoms with Gasteiger partial charge in [-0.1, -0.05) is 6.07 Å². The Hall–Kier alpha value is -1.82. The molecule has 1 unspecified atom stereocenters. The average Bonchev–Trinajstić information content (AvgIpc) is 2.36. The van der Waals surface area contributed by atoms with E-state index in [1.807, 2.05) is 12.1 Å². The van der Waals surface area contributed by atoms with Crippen LogP contribution in [0, 0.1) is 11.3 Å². The minimum atomic E-state index is -0.0403. The lowest BCUT2D eigenvalue weighted by molar-refractivity contribution is -0.122. The number of carbonyl (C=O) groups is 1. The standard InChI is InChI=1S/C13H14N2O/c1-15-13(16)12-4-2-3-10-7-9(8-14)5-6-11(10)12/h5-7,12H,2-4H2,1H3,(H,15,16). The third-order valence-electron chi connectivity index (χ3n) is 3.15. The largest absolute Gasteiger partial charge is 0.359 e. The van der Waals surface area contributed by atoms with Crippen molar-refractivity contribution >= 4 is 5.91 Å². The molecule has 1 aromatic rings. The van der Waals surface area contributed by atoms with Crippen LogP contribution in [0.15, 0.2) is 18.2 Å². The van der Waals surface area contributed by atoms with E-state index in [9.17, 15) is 4.79 Å². The zero-order valence-electron chi connectivity index (χ0n) is 9.29. The van der Waals surface area contributed by atoms with E-state index in [2.05, 4.69) is 11.4 Å². The number of carbonyl (C=O) groups excluding carboxylic acids is 1. The highest BCUT2D eigenvalue weighted by Gasteiger charge is 2.25. The Morgan fingerprint density at radius 2 is 2.38 bits per heavy atom. The van der Waals surface area contributed by atoms with Gasteiger partial charge in [-0.15, -0.1) is 0 Å². The third kappa shape index (κ3) is 1.79. The van der Waals surface area contributed by atoms with Gasteiger partial charge in [0.2, 0.25) is 5.91 Å². The first-order chi connectivity index (χ1) is 7.76. The summed E-state index contributed by atoms with van der Waals surface area (Å²) in [6.45, 7) is 0. The van der Waals surface area contributed by atoms with Crippen molar-refractivity contribution in [2.45, 2.75) is 25.2 Å². The molecule has 16 heavy (non-hydrogen) atoms. The van der Waals surface area contributed by atoms with E-state index in [-0.39, 0.29) is 11.8 Å². The second-order valence-corrected chi connectivity index (χ2v) is 4.08. The maximum Gasteiger partial charge on any atom is 0.227 e. The van der Waals surface area contributed by atoms with Crippen molar-refractivity contribution in [3.05, 3.63) is 34.9 Å². The van der Waals surface area contributed by atoms with Gasteiger partial charge in [0.25, 0.3) is 0 Å². The van der Waals surface area contributed by atoms with Gasteiger partial charge < -0.3 is 5.32 Å². The molecule has 1 N–H and O–H groups in total. The third-order valence-corrected chi connectivity index (χ3v) is 3.15. The molecule has 3 heteroatoms. The first-order valence-corrected chi connectivity index (χ1v) is 5.50. The normalized spacial score (nSPS) is 18.4. The van der Waals surface area contributed by atoms with Crippen molar-refractivity contribution in [2.24, 2.45) is 0 Å². The first-order valence-electron chi connectivity index (χ1n) is 5.50. The summed E-state index contributed by atoms with van der Waals surface area (Å²) < 4.78 is 0. The number of nitrogens with one attached hydrogen (secondary N) is 1. The molecule has 1 aromatic carbocycles. The van der Waals surface area contributed by atoms with Crippen LogP contribution in [0.25, 0.3) is 0 Å². The van der Waals surface area contributed by atoms with Crippen molar-refractivity contribution in [3.63, 3.8) is 0 Å². The van der Waals surface area contributed by atoms with Crippen molar-refractivity contribution in [1.29, 1.82) is 5.26 Å². The summed E-state index contributed by atoms with van der Waals surface area (Å²) in [4.78, 5) is 11.7. The Kier molecular flexibility index (Phi) is 2.91. The van der Waals surface area contributed by atoms with E-state index < -0.39 is 0 Å². The molecule has 1 atom stereocenters. The maximum absolute atomic E-state index is 11.7. The van der Waals surface area contributed by atoms with Crippen LogP contribution in [0.5, 0.6) is 0 Å². The molecule has 0 bridgehead atoms. The molecule has 0 aromatic heterocycles. The summed E-state index contributed by atoms with van der Waals surface area (Å²) in [6.07, 6.45) is 2.89. The Bertz CT molecular complexity index is 459. The monoisotopic (exact) mass is 214 g/mol. The van der Waals surface area contributed by atoms with Crippen LogP contribution in [0.2, 0.25) is 0 Å². The number of aryl methyl sites for hydroxylation is 1. The van der Waals surface area contributed by atoms with Gasteiger partial charge in [0.15, 0.2) is 0 Å². The van der Waals surface area contributed by atoms with Crippen LogP contribution in [0.4, 0.5) is 0 Å². The summed E-state index contributed by atoms with van der Waals surface area (Å²) in [6, 6.07) is 7.76. The number of hydrogen-bond donors (Lipinski definition) is 1. The number of nitriles is 1. The summed E-state index contributed by atoms with van der Waals surface area (Å²) in [5.41, 5.74) is 2.92. The predicted octanol–water partition coefficient (Wildman–Crippen LogP) is 1.72. The molecule has 0 heterocycles. The fraction of sp³-hybridized carbons (Fsp3) is 0.385. The second-order valence-electron chi connectivity index (χ2n) is 4.08. The highest BCUT2D eigenvalue weighted by atomic mass is 16.1. The van der Waals surface area contributed by atoms with Crippen molar-refractivity contribution < 1.29 is 4.79 Å². The van der Waals surface area contributed by atoms with Crippen molar-refractivity contribution in [3.8, 4) is 6.07 Å². The lowest BCUT2D eigenvalue weighted by Crippen LogP contribution is -2.28. The number of amides is 1. The van der Waals surface area contributed by atoms with Gasteiger partial charge in [-0.05, 0) is 42.5 Å². The molecule has 1 aliphatic rings. The molecule has 0 radical (unpaired) electrons. The smallest absolute Gasteiger partial charge is 0.227 e. The van der Waals surface area contributed by atoms with Gasteiger partial charge in [0, 0.05) is 7.05 Å². The highest BCUT2D eigenvalue weighted by molar-refractivity contribution is 5.84. The number of fused-ring (bicyclic) bond motifs is 1. The predicted molar refractivity (Wildman–Crippen MR) is 60.9 cm³/mol. The Labute approximate surface area is 95.1 Å². The van der Waals surface area contributed by atoms with Crippen LogP contribution in [-0.4, -0.2) is 13.0 Å². The van der Waals surface area contributed by atoms with Crippen molar-refractivity contribution in [2.75, 3.05) is 7.05 Å². The zero-order valence-corrected chi connectivity index (χ0v) is 9.29. The van der Waals surface area contributed by atoms with Gasteiger partial charge >= 0.3 is 0 Å². The van der Waals surface area contributed by atoms with Gasteiger partial charge in [0.1, 0.15) is 0 Å². The molecule has 0 spiro atoms. The fourth-order valence-corrected chi connectivity index (χ4v) is 2.33. The molecule has 0 fully saturated rings. The Balaban J connectivity index is 2.40. The van der Waals surface area contributed by atoms with Gasteiger partial charge in [0.05, 0.1) is 17.6 Å². The maximum atomic E-state index is 11.7. The van der Waals surface area contributed by atoms with E-state index >= 15 is 0 Å². The van der Waals surface area contributed by atoms with E-state index in [0.29, 0.717) is 5.56 Å². The lowest BCUT2D eigenvalue weighted by atomic mass is 9.81. The molecule has 82 valence electrons. The minimum absolute atomic E-state index is 0.0403. The molecule has 0 saturated heterocycles. The highest BCUT2D eigenvalue weighted by Crippen LogP contribution is 2.32. The number of likely N-dealkylation sites (N-methyl/N-ethyl adjacent to an activating group) is 1. The quantitative estimate of drug-likeness (QED) is 0.774. The first kappa shape index (κ1) is 10.7. The van der Waals surface area contributed by atoms with Gasteiger partial charge in [-0.25, -0.2) is 0 Å². The number of rotatable bonds is 1. The van der Waals surface area contributed by atoms with Crippen LogP contribution < -0.4 is 5.32 Å².